The van der Waals surface area contributed by atoms with Gasteiger partial charge >= 0.3 is 6.36 Å². The van der Waals surface area contributed by atoms with Crippen LogP contribution in [0.4, 0.5) is 13.2 Å². The van der Waals surface area contributed by atoms with Crippen LogP contribution in [0.2, 0.25) is 5.02 Å². The summed E-state index contributed by atoms with van der Waals surface area (Å²) in [6.45, 7) is 7.76. The summed E-state index contributed by atoms with van der Waals surface area (Å²) in [6, 6.07) is 10.2. The van der Waals surface area contributed by atoms with Crippen LogP contribution in [0.15, 0.2) is 47.5 Å². The fourth-order valence-corrected chi connectivity index (χ4v) is 6.18. The second-order valence-electron chi connectivity index (χ2n) is 10.3. The molecule has 1 aliphatic carbocycles. The summed E-state index contributed by atoms with van der Waals surface area (Å²) < 4.78 is 45.0. The average molecular weight is 638 g/mol. The fraction of sp³-hybridized carbons (Fsp3) is 0.469. The largest absolute Gasteiger partial charge is 0.573 e. The molecule has 43 heavy (non-hydrogen) atoms. The Balaban J connectivity index is 0.00000162. The van der Waals surface area contributed by atoms with Gasteiger partial charge in [0.05, 0.1) is 11.1 Å². The van der Waals surface area contributed by atoms with Gasteiger partial charge in [-0.25, -0.2) is 0 Å². The molecule has 0 radical (unpaired) electrons. The molecule has 0 aliphatic heterocycles. The maximum absolute atomic E-state index is 14.0. The van der Waals surface area contributed by atoms with E-state index in [0.29, 0.717) is 37.9 Å². The highest BCUT2D eigenvalue weighted by Gasteiger charge is 2.33. The molecule has 0 bridgehead atoms. The number of carbonyl (C=O) groups excluding carboxylic acids is 2. The Morgan fingerprint density at radius 3 is 2.26 bits per heavy atom. The summed E-state index contributed by atoms with van der Waals surface area (Å²) in [7, 11) is 1.65. The Bertz CT molecular complexity index is 1430. The molecular formula is C32H39ClF3N3O3S. The van der Waals surface area contributed by atoms with Crippen molar-refractivity contribution in [3.63, 3.8) is 0 Å². The van der Waals surface area contributed by atoms with Crippen molar-refractivity contribution in [2.24, 2.45) is 4.99 Å². The van der Waals surface area contributed by atoms with Crippen LogP contribution in [0.1, 0.15) is 80.9 Å². The van der Waals surface area contributed by atoms with Crippen LogP contribution in [0, 0.1) is 6.92 Å². The molecule has 3 aromatic rings. The van der Waals surface area contributed by atoms with Gasteiger partial charge < -0.3 is 9.30 Å². The molecule has 0 N–H and O–H groups in total. The van der Waals surface area contributed by atoms with Gasteiger partial charge in [-0.2, -0.15) is 0 Å². The number of amides is 1. The van der Waals surface area contributed by atoms with Crippen LogP contribution in [-0.4, -0.2) is 51.5 Å². The van der Waals surface area contributed by atoms with Crippen LogP contribution < -0.4 is 4.74 Å². The number of hydrogen-bond acceptors (Lipinski definition) is 5. The molecule has 2 aromatic carbocycles. The zero-order valence-electron chi connectivity index (χ0n) is 25.3. The first-order chi connectivity index (χ1) is 20.4. The number of fused-ring (bicyclic) bond motifs is 1. The van der Waals surface area contributed by atoms with Crippen LogP contribution >= 0.6 is 23.4 Å². The number of nitrogens with zero attached hydrogens (tertiary/aromatic N) is 3. The minimum atomic E-state index is -4.89. The third-order valence-corrected chi connectivity index (χ3v) is 8.21. The molecule has 0 atom stereocenters. The Morgan fingerprint density at radius 1 is 1.07 bits per heavy atom. The lowest BCUT2D eigenvalue weighted by Crippen LogP contribution is -2.46. The summed E-state index contributed by atoms with van der Waals surface area (Å²) in [4.78, 5) is 33.8. The highest BCUT2D eigenvalue weighted by atomic mass is 35.5. The highest BCUT2D eigenvalue weighted by molar-refractivity contribution is 8.13. The van der Waals surface area contributed by atoms with Gasteiger partial charge in [0.25, 0.3) is 0 Å². The number of thioether (sulfide) groups is 1. The molecule has 0 unspecified atom stereocenters. The van der Waals surface area contributed by atoms with Crippen molar-refractivity contribution >= 4 is 51.1 Å². The van der Waals surface area contributed by atoms with E-state index in [0.717, 1.165) is 37.9 Å². The van der Waals surface area contributed by atoms with Crippen LogP contribution in [0.5, 0.6) is 5.75 Å². The van der Waals surface area contributed by atoms with Crippen molar-refractivity contribution < 1.29 is 27.5 Å². The predicted octanol–water partition coefficient (Wildman–Crippen LogP) is 9.05. The van der Waals surface area contributed by atoms with E-state index < -0.39 is 12.1 Å². The third kappa shape index (κ3) is 8.79. The molecule has 11 heteroatoms. The molecule has 1 fully saturated rings. The van der Waals surface area contributed by atoms with Crippen molar-refractivity contribution in [1.29, 1.82) is 0 Å². The van der Waals surface area contributed by atoms with Gasteiger partial charge in [-0.05, 0) is 61.9 Å². The standard InChI is InChI=1S/C29H31ClF3N3O3S.C3H8/c1-4-40-28(34-3)36(21-8-6-5-7-9-21)25(37)17-35-18(2)26(27(38)19-10-12-20(30)13-11-19)23-15-14-22(16-24(23)35)39-29(31,32)33;1-3-2/h10-16,21H,4-9,17H2,1-3H3;3H2,1-2H3. The fourth-order valence-electron chi connectivity index (χ4n) is 5.28. The number of aromatic nitrogens is 1. The van der Waals surface area contributed by atoms with Gasteiger partial charge in [-0.15, -0.1) is 13.2 Å². The zero-order chi connectivity index (χ0) is 31.7. The Kier molecular flexibility index (Phi) is 12.6. The number of amidine groups is 1. The Labute approximate surface area is 260 Å². The van der Waals surface area contributed by atoms with Crippen molar-refractivity contribution in [3.8, 4) is 5.75 Å². The number of aliphatic imine (C=N–C) groups is 1. The smallest absolute Gasteiger partial charge is 0.406 e. The molecule has 234 valence electrons. The summed E-state index contributed by atoms with van der Waals surface area (Å²) in [5, 5.41) is 1.51. The summed E-state index contributed by atoms with van der Waals surface area (Å²) >= 11 is 7.48. The number of benzene rings is 2. The topological polar surface area (TPSA) is 63.9 Å². The first kappa shape index (κ1) is 34.5. The summed E-state index contributed by atoms with van der Waals surface area (Å²) in [6.07, 6.45) is 1.18. The van der Waals surface area contributed by atoms with Crippen molar-refractivity contribution in [2.75, 3.05) is 12.8 Å². The Hall–Kier alpha value is -2.98. The van der Waals surface area contributed by atoms with Gasteiger partial charge in [0.1, 0.15) is 12.3 Å². The predicted molar refractivity (Wildman–Crippen MR) is 169 cm³/mol. The molecule has 0 saturated heterocycles. The first-order valence-corrected chi connectivity index (χ1v) is 15.9. The van der Waals surface area contributed by atoms with E-state index in [-0.39, 0.29) is 24.3 Å². The van der Waals surface area contributed by atoms with E-state index in [9.17, 15) is 22.8 Å². The molecule has 1 saturated carbocycles. The van der Waals surface area contributed by atoms with Crippen LogP contribution in [0.25, 0.3) is 10.9 Å². The van der Waals surface area contributed by atoms with Crippen molar-refractivity contribution in [1.82, 2.24) is 9.47 Å². The highest BCUT2D eigenvalue weighted by Crippen LogP contribution is 2.34. The van der Waals surface area contributed by atoms with Gasteiger partial charge in [0.2, 0.25) is 5.91 Å². The molecule has 0 spiro atoms. The first-order valence-electron chi connectivity index (χ1n) is 14.6. The zero-order valence-corrected chi connectivity index (χ0v) is 26.8. The number of ether oxygens (including phenoxy) is 1. The summed E-state index contributed by atoms with van der Waals surface area (Å²) in [5.41, 5.74) is 1.44. The number of carbonyl (C=O) groups is 2. The lowest BCUT2D eigenvalue weighted by molar-refractivity contribution is -0.274. The third-order valence-electron chi connectivity index (χ3n) is 7.04. The number of rotatable bonds is 7. The second kappa shape index (κ2) is 15.7. The molecule has 1 heterocycles. The minimum Gasteiger partial charge on any atom is -0.406 e. The van der Waals surface area contributed by atoms with E-state index in [4.69, 9.17) is 11.6 Å². The number of ketones is 1. The molecule has 1 aromatic heterocycles. The van der Waals surface area contributed by atoms with E-state index in [2.05, 4.69) is 23.6 Å². The molecule has 4 rings (SSSR count). The van der Waals surface area contributed by atoms with Gasteiger partial charge in [0.15, 0.2) is 11.0 Å². The summed E-state index contributed by atoms with van der Waals surface area (Å²) in [5.74, 6) is -0.261. The van der Waals surface area contributed by atoms with E-state index in [1.807, 2.05) is 6.92 Å². The molecule has 1 aliphatic rings. The normalized spacial score (nSPS) is 14.3. The van der Waals surface area contributed by atoms with Crippen molar-refractivity contribution in [3.05, 3.63) is 64.3 Å². The molecule has 6 nitrogen and oxygen atoms in total. The maximum Gasteiger partial charge on any atom is 0.573 e. The van der Waals surface area contributed by atoms with Crippen LogP contribution in [0.3, 0.4) is 0 Å². The number of alkyl halides is 3. The monoisotopic (exact) mass is 637 g/mol. The quantitative estimate of drug-likeness (QED) is 0.147. The lowest BCUT2D eigenvalue weighted by atomic mass is 9.94. The number of halogens is 4. The SMILES string of the molecule is CCC.CCSC(=NC)N(C(=O)Cn1c(C)c(C(=O)c2ccc(Cl)cc2)c2ccc(OC(F)(F)F)cc21)C1CCCCC1. The maximum atomic E-state index is 14.0. The van der Waals surface area contributed by atoms with E-state index in [1.54, 1.807) is 47.7 Å². The van der Waals surface area contributed by atoms with Crippen molar-refractivity contribution in [2.45, 2.75) is 85.2 Å². The molecular weight excluding hydrogens is 599 g/mol. The minimum absolute atomic E-state index is 0.0135. The van der Waals surface area contributed by atoms with E-state index in [1.165, 1.54) is 36.4 Å². The van der Waals surface area contributed by atoms with E-state index >= 15 is 0 Å². The Morgan fingerprint density at radius 2 is 1.70 bits per heavy atom. The van der Waals surface area contributed by atoms with Gasteiger partial charge in [0, 0.05) is 40.8 Å². The lowest BCUT2D eigenvalue weighted by Gasteiger charge is -2.34. The van der Waals surface area contributed by atoms with Crippen LogP contribution in [-0.2, 0) is 11.3 Å². The number of hydrogen-bond donors (Lipinski definition) is 0. The average Bonchev–Trinajstić information content (AvgIpc) is 3.23. The van der Waals surface area contributed by atoms with Gasteiger partial charge in [-0.3, -0.25) is 19.5 Å². The van der Waals surface area contributed by atoms with Gasteiger partial charge in [-0.1, -0.05) is 69.8 Å². The molecule has 1 amide bonds. The second-order valence-corrected chi connectivity index (χ2v) is 12.0.